The highest BCUT2D eigenvalue weighted by atomic mass is 32.2. The molecule has 1 aromatic rings. The lowest BCUT2D eigenvalue weighted by Gasteiger charge is -2.37. The van der Waals surface area contributed by atoms with Crippen molar-refractivity contribution in [3.63, 3.8) is 0 Å². The molecule has 0 aliphatic carbocycles. The normalized spacial score (nSPS) is 16.8. The van der Waals surface area contributed by atoms with Crippen molar-refractivity contribution in [2.75, 3.05) is 37.3 Å². The summed E-state index contributed by atoms with van der Waals surface area (Å²) in [4.78, 5) is 26.8. The molecule has 0 saturated carbocycles. The zero-order valence-corrected chi connectivity index (χ0v) is 14.4. The average molecular weight is 355 g/mol. The number of hydrogen-bond acceptors (Lipinski definition) is 5. The van der Waals surface area contributed by atoms with Crippen LogP contribution >= 0.6 is 0 Å². The second-order valence-corrected chi connectivity index (χ2v) is 7.56. The molecule has 0 bridgehead atoms. The second-order valence-electron chi connectivity index (χ2n) is 5.78. The van der Waals surface area contributed by atoms with Gasteiger partial charge in [0, 0.05) is 31.9 Å². The van der Waals surface area contributed by atoms with Gasteiger partial charge < -0.3 is 14.9 Å². The van der Waals surface area contributed by atoms with Crippen LogP contribution in [0.2, 0.25) is 0 Å². The summed E-state index contributed by atoms with van der Waals surface area (Å²) in [6, 6.07) is 5.80. The molecule has 1 aliphatic rings. The van der Waals surface area contributed by atoms with E-state index in [2.05, 4.69) is 9.62 Å². The van der Waals surface area contributed by atoms with Crippen molar-refractivity contribution in [2.24, 2.45) is 0 Å². The number of aromatic carboxylic acids is 1. The fourth-order valence-electron chi connectivity index (χ4n) is 2.65. The molecule has 132 valence electrons. The minimum absolute atomic E-state index is 0.230. The third kappa shape index (κ3) is 4.68. The molecule has 1 aromatic carbocycles. The Morgan fingerprint density at radius 1 is 1.12 bits per heavy atom. The third-order valence-electron chi connectivity index (χ3n) is 3.83. The molecule has 0 radical (unpaired) electrons. The first-order valence-electron chi connectivity index (χ1n) is 7.52. The number of benzene rings is 1. The molecular weight excluding hydrogens is 334 g/mol. The summed E-state index contributed by atoms with van der Waals surface area (Å²) in [5, 5.41) is 8.91. The van der Waals surface area contributed by atoms with Crippen molar-refractivity contribution in [1.82, 2.24) is 9.62 Å². The lowest BCUT2D eigenvalue weighted by molar-refractivity contribution is -0.132. The van der Waals surface area contributed by atoms with Crippen LogP contribution in [0.15, 0.2) is 24.3 Å². The van der Waals surface area contributed by atoms with Crippen LogP contribution in [0, 0.1) is 0 Å². The van der Waals surface area contributed by atoms with Crippen LogP contribution in [0.5, 0.6) is 0 Å². The highest BCUT2D eigenvalue weighted by Gasteiger charge is 2.26. The molecule has 9 heteroatoms. The molecule has 1 heterocycles. The Kier molecular flexibility index (Phi) is 5.45. The summed E-state index contributed by atoms with van der Waals surface area (Å²) in [5.41, 5.74) is 1.13. The first kappa shape index (κ1) is 18.2. The topological polar surface area (TPSA) is 107 Å². The minimum Gasteiger partial charge on any atom is -0.478 e. The number of carboxylic acid groups (broad SMARTS) is 1. The summed E-state index contributed by atoms with van der Waals surface area (Å²) in [7, 11) is -3.43. The largest absolute Gasteiger partial charge is 0.478 e. The summed E-state index contributed by atoms with van der Waals surface area (Å²) >= 11 is 0. The molecule has 0 aromatic heterocycles. The number of amides is 1. The van der Waals surface area contributed by atoms with Gasteiger partial charge in [-0.2, -0.15) is 0 Å². The van der Waals surface area contributed by atoms with E-state index in [0.717, 1.165) is 11.9 Å². The second kappa shape index (κ2) is 7.18. The van der Waals surface area contributed by atoms with E-state index in [1.165, 1.54) is 6.92 Å². The smallest absolute Gasteiger partial charge is 0.335 e. The van der Waals surface area contributed by atoms with Gasteiger partial charge in [0.05, 0.1) is 17.9 Å². The Hall–Kier alpha value is -2.13. The van der Waals surface area contributed by atoms with Gasteiger partial charge in [-0.05, 0) is 31.2 Å². The number of hydrogen-bond donors (Lipinski definition) is 2. The lowest BCUT2D eigenvalue weighted by Crippen LogP contribution is -2.54. The van der Waals surface area contributed by atoms with Crippen LogP contribution in [0.4, 0.5) is 5.69 Å². The fourth-order valence-corrected chi connectivity index (χ4v) is 3.39. The highest BCUT2D eigenvalue weighted by Crippen LogP contribution is 2.17. The number of carboxylic acids is 1. The Labute approximate surface area is 141 Å². The van der Waals surface area contributed by atoms with Gasteiger partial charge in [-0.15, -0.1) is 0 Å². The van der Waals surface area contributed by atoms with Crippen LogP contribution in [-0.4, -0.2) is 68.8 Å². The minimum atomic E-state index is -3.43. The summed E-state index contributed by atoms with van der Waals surface area (Å²) in [6.07, 6.45) is 1.02. The Morgan fingerprint density at radius 2 is 1.67 bits per heavy atom. The van der Waals surface area contributed by atoms with Crippen molar-refractivity contribution >= 4 is 27.6 Å². The highest BCUT2D eigenvalue weighted by molar-refractivity contribution is 7.88. The van der Waals surface area contributed by atoms with Crippen LogP contribution in [0.3, 0.4) is 0 Å². The number of carbonyl (C=O) groups excluding carboxylic acids is 1. The molecule has 1 saturated heterocycles. The van der Waals surface area contributed by atoms with Gasteiger partial charge in [-0.1, -0.05) is 0 Å². The zero-order chi connectivity index (χ0) is 17.9. The number of rotatable bonds is 5. The lowest BCUT2D eigenvalue weighted by atomic mass is 10.1. The predicted molar refractivity (Wildman–Crippen MR) is 89.6 cm³/mol. The van der Waals surface area contributed by atoms with E-state index in [4.69, 9.17) is 5.11 Å². The van der Waals surface area contributed by atoms with Crippen molar-refractivity contribution in [1.29, 1.82) is 0 Å². The Morgan fingerprint density at radius 3 is 2.12 bits per heavy atom. The molecule has 24 heavy (non-hydrogen) atoms. The van der Waals surface area contributed by atoms with E-state index in [9.17, 15) is 18.0 Å². The SMILES string of the molecule is CC(NS(C)(=O)=O)C(=O)N1CCN(c2ccc(C(=O)O)cc2)CC1. The maximum Gasteiger partial charge on any atom is 0.335 e. The van der Waals surface area contributed by atoms with Crippen LogP contribution in [0.25, 0.3) is 0 Å². The molecule has 1 atom stereocenters. The summed E-state index contributed by atoms with van der Waals surface area (Å²) in [6.45, 7) is 3.69. The van der Waals surface area contributed by atoms with Crippen LogP contribution in [-0.2, 0) is 14.8 Å². The molecule has 1 fully saturated rings. The molecule has 1 unspecified atom stereocenters. The van der Waals surface area contributed by atoms with E-state index in [1.54, 1.807) is 29.2 Å². The van der Waals surface area contributed by atoms with Crippen LogP contribution in [0.1, 0.15) is 17.3 Å². The standard InChI is InChI=1S/C15H21N3O5S/c1-11(16-24(2,22)23)14(19)18-9-7-17(8-10-18)13-5-3-12(4-6-13)15(20)21/h3-6,11,16H,7-10H2,1-2H3,(H,20,21). The van der Waals surface area contributed by atoms with Gasteiger partial charge in [0.15, 0.2) is 0 Å². The summed E-state index contributed by atoms with van der Waals surface area (Å²) < 4.78 is 24.7. The zero-order valence-electron chi connectivity index (χ0n) is 13.6. The Bertz CT molecular complexity index is 709. The average Bonchev–Trinajstić information content (AvgIpc) is 2.53. The van der Waals surface area contributed by atoms with Gasteiger partial charge in [-0.3, -0.25) is 4.79 Å². The fraction of sp³-hybridized carbons (Fsp3) is 0.467. The van der Waals surface area contributed by atoms with Crippen LogP contribution < -0.4 is 9.62 Å². The van der Waals surface area contributed by atoms with E-state index < -0.39 is 22.0 Å². The van der Waals surface area contributed by atoms with Gasteiger partial charge in [0.25, 0.3) is 0 Å². The molecule has 0 spiro atoms. The number of carbonyl (C=O) groups is 2. The maximum absolute atomic E-state index is 12.3. The molecule has 2 N–H and O–H groups in total. The van der Waals surface area contributed by atoms with E-state index in [-0.39, 0.29) is 11.5 Å². The number of anilines is 1. The van der Waals surface area contributed by atoms with Gasteiger partial charge in [-0.25, -0.2) is 17.9 Å². The van der Waals surface area contributed by atoms with Crippen molar-refractivity contribution in [3.8, 4) is 0 Å². The Balaban J connectivity index is 1.93. The van der Waals surface area contributed by atoms with Gasteiger partial charge in [0.2, 0.25) is 15.9 Å². The summed E-state index contributed by atoms with van der Waals surface area (Å²) in [5.74, 6) is -1.22. The molecule has 1 amide bonds. The number of piperazine rings is 1. The first-order chi connectivity index (χ1) is 11.2. The molecule has 2 rings (SSSR count). The molecule has 1 aliphatic heterocycles. The first-order valence-corrected chi connectivity index (χ1v) is 9.41. The molecular formula is C15H21N3O5S. The van der Waals surface area contributed by atoms with Gasteiger partial charge in [0.1, 0.15) is 0 Å². The van der Waals surface area contributed by atoms with E-state index in [1.807, 2.05) is 0 Å². The predicted octanol–water partition coefficient (Wildman–Crippen LogP) is -0.0289. The van der Waals surface area contributed by atoms with E-state index >= 15 is 0 Å². The molecule has 8 nitrogen and oxygen atoms in total. The monoisotopic (exact) mass is 355 g/mol. The third-order valence-corrected chi connectivity index (χ3v) is 4.61. The number of nitrogens with one attached hydrogen (secondary N) is 1. The van der Waals surface area contributed by atoms with Crippen molar-refractivity contribution in [3.05, 3.63) is 29.8 Å². The van der Waals surface area contributed by atoms with Gasteiger partial charge >= 0.3 is 5.97 Å². The number of sulfonamides is 1. The number of nitrogens with zero attached hydrogens (tertiary/aromatic N) is 2. The van der Waals surface area contributed by atoms with E-state index in [0.29, 0.717) is 26.2 Å². The van der Waals surface area contributed by atoms with Crippen molar-refractivity contribution in [2.45, 2.75) is 13.0 Å². The van der Waals surface area contributed by atoms with Crippen molar-refractivity contribution < 1.29 is 23.1 Å². The quantitative estimate of drug-likeness (QED) is 0.768. The maximum atomic E-state index is 12.3.